The Kier molecular flexibility index (Phi) is 5.15. The van der Waals surface area contributed by atoms with Gasteiger partial charge in [0.1, 0.15) is 0 Å². The minimum atomic E-state index is -0.321. The number of epoxide rings is 2. The third kappa shape index (κ3) is 4.12. The Bertz CT molecular complexity index is 471. The summed E-state index contributed by atoms with van der Waals surface area (Å²) in [6.07, 6.45) is 7.80. The van der Waals surface area contributed by atoms with E-state index in [4.69, 9.17) is 18.9 Å². The second kappa shape index (κ2) is 7.00. The topological polar surface area (TPSA) is 63.8 Å². The predicted molar refractivity (Wildman–Crippen MR) is 98.1 cm³/mol. The van der Waals surface area contributed by atoms with E-state index in [9.17, 15) is 5.11 Å². The number of hydrogen-bond donors (Lipinski definition) is 1. The fourth-order valence-corrected chi connectivity index (χ4v) is 4.82. The van der Waals surface area contributed by atoms with Crippen molar-refractivity contribution in [2.45, 2.75) is 82.7 Å². The van der Waals surface area contributed by atoms with Crippen LogP contribution in [0.25, 0.3) is 0 Å². The summed E-state index contributed by atoms with van der Waals surface area (Å²) in [5.41, 5.74) is 0.0244. The highest BCUT2D eigenvalue weighted by atomic mass is 16.6. The van der Waals surface area contributed by atoms with Gasteiger partial charge in [0.05, 0.1) is 43.2 Å². The summed E-state index contributed by atoms with van der Waals surface area (Å²) in [6.45, 7) is 9.23. The van der Waals surface area contributed by atoms with Gasteiger partial charge < -0.3 is 24.1 Å². The maximum absolute atomic E-state index is 9.82. The molecule has 0 radical (unpaired) electrons. The van der Waals surface area contributed by atoms with Crippen LogP contribution in [0.2, 0.25) is 0 Å². The predicted octanol–water partition coefficient (Wildman–Crippen LogP) is 2.93. The van der Waals surface area contributed by atoms with Gasteiger partial charge >= 0.3 is 0 Å². The summed E-state index contributed by atoms with van der Waals surface area (Å²) in [7, 11) is 0. The van der Waals surface area contributed by atoms with Crippen LogP contribution in [0.4, 0.5) is 0 Å². The van der Waals surface area contributed by atoms with Crippen molar-refractivity contribution in [3.63, 3.8) is 0 Å². The molecule has 6 unspecified atom stereocenters. The maximum Gasteiger partial charge on any atom is 0.0920 e. The van der Waals surface area contributed by atoms with Crippen molar-refractivity contribution in [2.24, 2.45) is 17.3 Å². The van der Waals surface area contributed by atoms with Gasteiger partial charge in [0.15, 0.2) is 0 Å². The highest BCUT2D eigenvalue weighted by Gasteiger charge is 2.55. The lowest BCUT2D eigenvalue weighted by Crippen LogP contribution is -2.35. The van der Waals surface area contributed by atoms with Gasteiger partial charge in [-0.15, -0.1) is 0 Å². The minimum Gasteiger partial charge on any atom is -0.396 e. The van der Waals surface area contributed by atoms with Crippen LogP contribution >= 0.6 is 0 Å². The second-order valence-electron chi connectivity index (χ2n) is 10.1. The van der Waals surface area contributed by atoms with Gasteiger partial charge in [-0.25, -0.2) is 0 Å². The highest BCUT2D eigenvalue weighted by molar-refractivity contribution is 5.04. The lowest BCUT2D eigenvalue weighted by atomic mass is 9.83. The van der Waals surface area contributed by atoms with Crippen molar-refractivity contribution in [1.82, 2.24) is 0 Å². The SMILES string of the molecule is CC(CO)(COCC1CCC2(C)OC2C1)COCC1CCC2(C)OC2C1. The Morgan fingerprint density at radius 2 is 1.38 bits per heavy atom. The summed E-state index contributed by atoms with van der Waals surface area (Å²) in [6, 6.07) is 0. The van der Waals surface area contributed by atoms with E-state index in [1.807, 2.05) is 0 Å². The van der Waals surface area contributed by atoms with E-state index < -0.39 is 0 Å². The van der Waals surface area contributed by atoms with E-state index in [0.29, 0.717) is 37.3 Å². The van der Waals surface area contributed by atoms with E-state index in [1.165, 1.54) is 12.8 Å². The standard InChI is InChI=1S/C21H36O5/c1-19(12-22,13-23-10-15-4-6-20(2)17(8-15)25-20)14-24-11-16-5-7-21(3)18(9-16)26-21/h15-18,22H,4-14H2,1-3H3. The fraction of sp³-hybridized carbons (Fsp3) is 1.00. The monoisotopic (exact) mass is 368 g/mol. The first-order valence-corrected chi connectivity index (χ1v) is 10.5. The molecule has 4 rings (SSSR count). The van der Waals surface area contributed by atoms with Gasteiger partial charge in [-0.3, -0.25) is 0 Å². The van der Waals surface area contributed by atoms with E-state index in [0.717, 1.165) is 38.9 Å². The number of rotatable bonds is 9. The van der Waals surface area contributed by atoms with Crippen LogP contribution in [0.1, 0.15) is 59.3 Å². The van der Waals surface area contributed by atoms with Crippen LogP contribution in [-0.2, 0) is 18.9 Å². The Balaban J connectivity index is 1.12. The van der Waals surface area contributed by atoms with E-state index in [-0.39, 0.29) is 23.2 Å². The molecule has 0 amide bonds. The number of aliphatic hydroxyl groups excluding tert-OH is 1. The first-order valence-electron chi connectivity index (χ1n) is 10.5. The van der Waals surface area contributed by atoms with Crippen LogP contribution in [-0.4, -0.2) is 61.6 Å². The van der Waals surface area contributed by atoms with Gasteiger partial charge in [-0.1, -0.05) is 6.92 Å². The first-order chi connectivity index (χ1) is 12.3. The second-order valence-corrected chi connectivity index (χ2v) is 10.1. The summed E-state index contributed by atoms with van der Waals surface area (Å²) in [5, 5.41) is 9.82. The lowest BCUT2D eigenvalue weighted by Gasteiger charge is -2.30. The summed E-state index contributed by atoms with van der Waals surface area (Å²) >= 11 is 0. The Morgan fingerprint density at radius 1 is 0.923 bits per heavy atom. The van der Waals surface area contributed by atoms with Gasteiger partial charge in [0.2, 0.25) is 0 Å². The first kappa shape index (κ1) is 19.1. The van der Waals surface area contributed by atoms with E-state index in [2.05, 4.69) is 20.8 Å². The van der Waals surface area contributed by atoms with Gasteiger partial charge in [0, 0.05) is 18.6 Å². The normalized spacial score (nSPS) is 46.2. The molecule has 6 atom stereocenters. The molecule has 0 spiro atoms. The molecule has 2 heterocycles. The molecular weight excluding hydrogens is 332 g/mol. The van der Waals surface area contributed by atoms with Crippen molar-refractivity contribution in [2.75, 3.05) is 33.0 Å². The van der Waals surface area contributed by atoms with E-state index >= 15 is 0 Å². The van der Waals surface area contributed by atoms with Crippen LogP contribution < -0.4 is 0 Å². The zero-order valence-electron chi connectivity index (χ0n) is 16.7. The van der Waals surface area contributed by atoms with Gasteiger partial charge in [-0.2, -0.15) is 0 Å². The van der Waals surface area contributed by atoms with Crippen LogP contribution in [0.15, 0.2) is 0 Å². The molecule has 2 saturated carbocycles. The van der Waals surface area contributed by atoms with Crippen molar-refractivity contribution < 1.29 is 24.1 Å². The van der Waals surface area contributed by atoms with Crippen molar-refractivity contribution in [1.29, 1.82) is 0 Å². The molecule has 2 saturated heterocycles. The van der Waals surface area contributed by atoms with Gasteiger partial charge in [0.25, 0.3) is 0 Å². The third-order valence-electron chi connectivity index (χ3n) is 7.25. The van der Waals surface area contributed by atoms with Crippen molar-refractivity contribution in [3.05, 3.63) is 0 Å². The Hall–Kier alpha value is -0.200. The average Bonchev–Trinajstić information content (AvgIpc) is 3.48. The van der Waals surface area contributed by atoms with E-state index in [1.54, 1.807) is 0 Å². The molecule has 0 aromatic carbocycles. The van der Waals surface area contributed by atoms with Crippen molar-refractivity contribution in [3.8, 4) is 0 Å². The molecule has 1 N–H and O–H groups in total. The molecule has 5 heteroatoms. The van der Waals surface area contributed by atoms with Crippen molar-refractivity contribution >= 4 is 0 Å². The average molecular weight is 369 g/mol. The molecule has 5 nitrogen and oxygen atoms in total. The largest absolute Gasteiger partial charge is 0.396 e. The number of aliphatic hydroxyl groups is 1. The van der Waals surface area contributed by atoms with Crippen LogP contribution in [0.5, 0.6) is 0 Å². The zero-order valence-corrected chi connectivity index (χ0v) is 16.7. The molecule has 4 aliphatic rings. The zero-order chi connectivity index (χ0) is 18.4. The maximum atomic E-state index is 9.82. The highest BCUT2D eigenvalue weighted by Crippen LogP contribution is 2.50. The Morgan fingerprint density at radius 3 is 1.77 bits per heavy atom. The molecular formula is C21H36O5. The lowest BCUT2D eigenvalue weighted by molar-refractivity contribution is -0.0565. The van der Waals surface area contributed by atoms with Crippen LogP contribution in [0.3, 0.4) is 0 Å². The molecule has 0 aromatic heterocycles. The summed E-state index contributed by atoms with van der Waals surface area (Å²) in [5.74, 6) is 1.18. The molecule has 4 fully saturated rings. The quantitative estimate of drug-likeness (QED) is 0.634. The molecule has 0 aromatic rings. The molecule has 0 bridgehead atoms. The summed E-state index contributed by atoms with van der Waals surface area (Å²) in [4.78, 5) is 0. The number of ether oxygens (including phenoxy) is 4. The van der Waals surface area contributed by atoms with Gasteiger partial charge in [-0.05, 0) is 64.2 Å². The summed E-state index contributed by atoms with van der Waals surface area (Å²) < 4.78 is 23.5. The molecule has 2 aliphatic heterocycles. The molecule has 26 heavy (non-hydrogen) atoms. The van der Waals surface area contributed by atoms with Crippen LogP contribution in [0, 0.1) is 17.3 Å². The Labute approximate surface area is 157 Å². The molecule has 150 valence electrons. The third-order valence-corrected chi connectivity index (χ3v) is 7.25. The minimum absolute atomic E-state index is 0.0932. The smallest absolute Gasteiger partial charge is 0.0920 e. The number of fused-ring (bicyclic) bond motifs is 2. The number of hydrogen-bond acceptors (Lipinski definition) is 5. The molecule has 2 aliphatic carbocycles. The fourth-order valence-electron chi connectivity index (χ4n) is 4.82.